The molecule has 0 atom stereocenters. The van der Waals surface area contributed by atoms with Crippen LogP contribution in [-0.4, -0.2) is 12.6 Å². The van der Waals surface area contributed by atoms with E-state index in [1.165, 1.54) is 0 Å². The summed E-state index contributed by atoms with van der Waals surface area (Å²) in [7, 11) is 0. The molecule has 0 radical (unpaired) electrons. The predicted octanol–water partition coefficient (Wildman–Crippen LogP) is 0.110. The maximum Gasteiger partial charge on any atom is 0.319 e. The van der Waals surface area contributed by atoms with Gasteiger partial charge in [0.05, 0.1) is 6.54 Å². The highest BCUT2D eigenvalue weighted by atomic mass is 19.1. The van der Waals surface area contributed by atoms with E-state index in [2.05, 4.69) is 10.6 Å². The van der Waals surface area contributed by atoms with Gasteiger partial charge in [-0.05, 0) is 0 Å². The number of rotatable bonds is 0. The van der Waals surface area contributed by atoms with Crippen LogP contribution in [0.5, 0.6) is 0 Å². The number of carbonyl (C=O) groups excluding carboxylic acids is 1. The van der Waals surface area contributed by atoms with Gasteiger partial charge in [0.2, 0.25) is 0 Å². The quantitative estimate of drug-likeness (QED) is 0.463. The molecule has 0 fully saturated rings. The summed E-state index contributed by atoms with van der Waals surface area (Å²) in [6.45, 7) is 0.00579. The van der Waals surface area contributed by atoms with Crippen molar-refractivity contribution >= 4 is 6.03 Å². The van der Waals surface area contributed by atoms with Gasteiger partial charge in [-0.3, -0.25) is 0 Å². The maximum absolute atomic E-state index is 11.9. The Labute approximate surface area is 45.6 Å². The molecule has 4 heteroatoms. The standard InChI is InChI=1S/C4H5FN2O/c5-3-1-6-4(8)7-2-3/h1H,2H2,(H2,6,7,8). The van der Waals surface area contributed by atoms with Gasteiger partial charge in [-0.15, -0.1) is 0 Å². The highest BCUT2D eigenvalue weighted by Gasteiger charge is 2.05. The third-order valence-electron chi connectivity index (χ3n) is 0.778. The summed E-state index contributed by atoms with van der Waals surface area (Å²) in [4.78, 5) is 10.2. The van der Waals surface area contributed by atoms with Crippen molar-refractivity contribution in [2.24, 2.45) is 0 Å². The van der Waals surface area contributed by atoms with Crippen LogP contribution in [-0.2, 0) is 0 Å². The number of carbonyl (C=O) groups is 1. The van der Waals surface area contributed by atoms with Gasteiger partial charge < -0.3 is 10.6 Å². The van der Waals surface area contributed by atoms with Crippen LogP contribution in [0, 0.1) is 0 Å². The lowest BCUT2D eigenvalue weighted by molar-refractivity contribution is 0.242. The molecule has 8 heavy (non-hydrogen) atoms. The normalized spacial score (nSPS) is 18.6. The fourth-order valence-electron chi connectivity index (χ4n) is 0.411. The summed E-state index contributed by atoms with van der Waals surface area (Å²) in [5.41, 5.74) is 0. The minimum atomic E-state index is -0.357. The molecule has 44 valence electrons. The van der Waals surface area contributed by atoms with Crippen LogP contribution >= 0.6 is 0 Å². The predicted molar refractivity (Wildman–Crippen MR) is 25.7 cm³/mol. The Balaban J connectivity index is 2.55. The smallest absolute Gasteiger partial charge is 0.319 e. The average Bonchev–Trinajstić information content (AvgIpc) is 1.77. The van der Waals surface area contributed by atoms with Gasteiger partial charge in [0.1, 0.15) is 5.83 Å². The average molecular weight is 116 g/mol. The number of amides is 2. The van der Waals surface area contributed by atoms with E-state index < -0.39 is 0 Å². The zero-order valence-corrected chi connectivity index (χ0v) is 4.07. The highest BCUT2D eigenvalue weighted by molar-refractivity contribution is 5.76. The van der Waals surface area contributed by atoms with Crippen LogP contribution in [0.2, 0.25) is 0 Å². The molecule has 0 aromatic rings. The molecule has 0 aliphatic carbocycles. The molecule has 0 bridgehead atoms. The Kier molecular flexibility index (Phi) is 1.15. The van der Waals surface area contributed by atoms with Gasteiger partial charge in [-0.1, -0.05) is 0 Å². The number of halogens is 1. The molecule has 0 saturated heterocycles. The van der Waals surface area contributed by atoms with Crippen LogP contribution in [0.4, 0.5) is 9.18 Å². The van der Waals surface area contributed by atoms with Crippen LogP contribution in [0.3, 0.4) is 0 Å². The Morgan fingerprint density at radius 2 is 2.50 bits per heavy atom. The molecule has 2 N–H and O–H groups in total. The molecule has 1 heterocycles. The summed E-state index contributed by atoms with van der Waals surface area (Å²) < 4.78 is 11.9. The number of hydrogen-bond acceptors (Lipinski definition) is 1. The minimum absolute atomic E-state index is 0.00579. The molecule has 1 aliphatic rings. The molecule has 0 spiro atoms. The van der Waals surface area contributed by atoms with Crippen molar-refractivity contribution in [1.29, 1.82) is 0 Å². The van der Waals surface area contributed by atoms with Crippen LogP contribution in [0.1, 0.15) is 0 Å². The van der Waals surface area contributed by atoms with Crippen molar-refractivity contribution in [1.82, 2.24) is 10.6 Å². The van der Waals surface area contributed by atoms with Gasteiger partial charge in [-0.25, -0.2) is 9.18 Å². The lowest BCUT2D eigenvalue weighted by Gasteiger charge is -2.07. The zero-order chi connectivity index (χ0) is 5.98. The largest absolute Gasteiger partial charge is 0.331 e. The Bertz CT molecular complexity index is 143. The van der Waals surface area contributed by atoms with Crippen molar-refractivity contribution in [2.75, 3.05) is 6.54 Å². The van der Waals surface area contributed by atoms with Crippen LogP contribution in [0.25, 0.3) is 0 Å². The monoisotopic (exact) mass is 116 g/mol. The first-order chi connectivity index (χ1) is 3.79. The van der Waals surface area contributed by atoms with Crippen molar-refractivity contribution in [3.63, 3.8) is 0 Å². The zero-order valence-electron chi connectivity index (χ0n) is 4.07. The Morgan fingerprint density at radius 3 is 2.88 bits per heavy atom. The molecular weight excluding hydrogens is 111 g/mol. The van der Waals surface area contributed by atoms with E-state index in [1.807, 2.05) is 0 Å². The van der Waals surface area contributed by atoms with Crippen molar-refractivity contribution < 1.29 is 9.18 Å². The molecule has 1 rings (SSSR count). The third-order valence-corrected chi connectivity index (χ3v) is 0.778. The van der Waals surface area contributed by atoms with E-state index in [-0.39, 0.29) is 18.4 Å². The lowest BCUT2D eigenvalue weighted by Crippen LogP contribution is -2.37. The van der Waals surface area contributed by atoms with Crippen LogP contribution < -0.4 is 10.6 Å². The van der Waals surface area contributed by atoms with Gasteiger partial charge in [0, 0.05) is 6.20 Å². The molecule has 1 aliphatic heterocycles. The summed E-state index contributed by atoms with van der Waals surface area (Å²) in [6.07, 6.45) is 1.04. The second kappa shape index (κ2) is 1.81. The first-order valence-electron chi connectivity index (χ1n) is 2.18. The fourth-order valence-corrected chi connectivity index (χ4v) is 0.411. The topological polar surface area (TPSA) is 41.1 Å². The van der Waals surface area contributed by atoms with E-state index in [0.29, 0.717) is 0 Å². The van der Waals surface area contributed by atoms with E-state index in [4.69, 9.17) is 0 Å². The Hall–Kier alpha value is -1.06. The lowest BCUT2D eigenvalue weighted by atomic mass is 10.5. The molecular formula is C4H5FN2O. The minimum Gasteiger partial charge on any atom is -0.331 e. The second-order valence-electron chi connectivity index (χ2n) is 1.42. The third kappa shape index (κ3) is 0.959. The van der Waals surface area contributed by atoms with E-state index in [9.17, 15) is 9.18 Å². The SMILES string of the molecule is O=C1NC=C(F)CN1. The van der Waals surface area contributed by atoms with Gasteiger partial charge in [0.15, 0.2) is 0 Å². The summed E-state index contributed by atoms with van der Waals surface area (Å²) in [5, 5.41) is 4.38. The molecule has 0 unspecified atom stereocenters. The fraction of sp³-hybridized carbons (Fsp3) is 0.250. The Morgan fingerprint density at radius 1 is 1.75 bits per heavy atom. The van der Waals surface area contributed by atoms with Crippen molar-refractivity contribution in [3.05, 3.63) is 12.0 Å². The maximum atomic E-state index is 11.9. The van der Waals surface area contributed by atoms with Gasteiger partial charge >= 0.3 is 6.03 Å². The molecule has 0 aromatic heterocycles. The second-order valence-corrected chi connectivity index (χ2v) is 1.42. The van der Waals surface area contributed by atoms with Crippen molar-refractivity contribution in [2.45, 2.75) is 0 Å². The molecule has 0 saturated carbocycles. The molecule has 3 nitrogen and oxygen atoms in total. The molecule has 2 amide bonds. The number of urea groups is 1. The summed E-state index contributed by atoms with van der Waals surface area (Å²) in [5.74, 6) is -0.357. The number of hydrogen-bond donors (Lipinski definition) is 2. The van der Waals surface area contributed by atoms with Gasteiger partial charge in [-0.2, -0.15) is 0 Å². The van der Waals surface area contributed by atoms with E-state index >= 15 is 0 Å². The summed E-state index contributed by atoms with van der Waals surface area (Å²) in [6, 6.07) is -0.355. The first kappa shape index (κ1) is 5.08. The summed E-state index contributed by atoms with van der Waals surface area (Å²) >= 11 is 0. The number of nitrogens with one attached hydrogen (secondary N) is 2. The highest BCUT2D eigenvalue weighted by Crippen LogP contribution is 1.93. The van der Waals surface area contributed by atoms with E-state index in [1.54, 1.807) is 0 Å². The van der Waals surface area contributed by atoms with Crippen LogP contribution in [0.15, 0.2) is 12.0 Å². The molecule has 0 aromatic carbocycles. The first-order valence-corrected chi connectivity index (χ1v) is 2.18. The van der Waals surface area contributed by atoms with Crippen molar-refractivity contribution in [3.8, 4) is 0 Å². The van der Waals surface area contributed by atoms with E-state index in [0.717, 1.165) is 6.20 Å². The van der Waals surface area contributed by atoms with Gasteiger partial charge in [0.25, 0.3) is 0 Å².